The Morgan fingerprint density at radius 1 is 1.02 bits per heavy atom. The van der Waals surface area contributed by atoms with E-state index in [1.54, 1.807) is 48.8 Å². The van der Waals surface area contributed by atoms with Gasteiger partial charge >= 0.3 is 12.2 Å². The van der Waals surface area contributed by atoms with Crippen molar-refractivity contribution in [2.24, 2.45) is 5.92 Å². The largest absolute Gasteiger partial charge is 0.497 e. The Morgan fingerprint density at radius 3 is 2.44 bits per heavy atom. The number of nitrogens with zero attached hydrogens (tertiary/aromatic N) is 3. The number of imidazole rings is 1. The predicted molar refractivity (Wildman–Crippen MR) is 149 cm³/mol. The van der Waals surface area contributed by atoms with Gasteiger partial charge in [-0.25, -0.2) is 9.78 Å². The lowest BCUT2D eigenvalue weighted by molar-refractivity contribution is -0.137. The zero-order valence-corrected chi connectivity index (χ0v) is 23.0. The van der Waals surface area contributed by atoms with Crippen LogP contribution in [0.5, 0.6) is 5.75 Å². The molecular formula is C31H26F3N5O4. The number of carbonyl (C=O) groups is 3. The van der Waals surface area contributed by atoms with Crippen LogP contribution >= 0.6 is 0 Å². The van der Waals surface area contributed by atoms with Crippen LogP contribution in [-0.4, -0.2) is 46.0 Å². The van der Waals surface area contributed by atoms with Crippen LogP contribution in [0.2, 0.25) is 0 Å². The number of amides is 4. The molecule has 0 unspecified atom stereocenters. The van der Waals surface area contributed by atoms with Gasteiger partial charge in [-0.15, -0.1) is 0 Å². The van der Waals surface area contributed by atoms with Crippen LogP contribution < -0.4 is 15.4 Å². The molecule has 2 fully saturated rings. The van der Waals surface area contributed by atoms with E-state index in [4.69, 9.17) is 4.74 Å². The molecule has 1 saturated carbocycles. The van der Waals surface area contributed by atoms with Crippen LogP contribution in [0.3, 0.4) is 0 Å². The van der Waals surface area contributed by atoms with Crippen molar-refractivity contribution in [2.75, 3.05) is 13.7 Å². The topological polar surface area (TPSA) is 106 Å². The van der Waals surface area contributed by atoms with Gasteiger partial charge in [0.25, 0.3) is 11.8 Å². The van der Waals surface area contributed by atoms with Crippen molar-refractivity contribution >= 4 is 28.9 Å². The molecule has 1 atom stereocenters. The van der Waals surface area contributed by atoms with Gasteiger partial charge in [0, 0.05) is 24.2 Å². The summed E-state index contributed by atoms with van der Waals surface area (Å²) in [6.45, 7) is 0.746. The Morgan fingerprint density at radius 2 is 1.79 bits per heavy atom. The van der Waals surface area contributed by atoms with Crippen LogP contribution in [0.25, 0.3) is 22.2 Å². The van der Waals surface area contributed by atoms with Gasteiger partial charge in [-0.1, -0.05) is 30.3 Å². The monoisotopic (exact) mass is 589 g/mol. The molecule has 3 heterocycles. The fourth-order valence-electron chi connectivity index (χ4n) is 6.02. The van der Waals surface area contributed by atoms with Gasteiger partial charge in [0.1, 0.15) is 5.75 Å². The lowest BCUT2D eigenvalue weighted by Crippen LogP contribution is -2.52. The number of imide groups is 1. The Balaban J connectivity index is 1.27. The van der Waals surface area contributed by atoms with Crippen LogP contribution in [0.1, 0.15) is 39.9 Å². The van der Waals surface area contributed by atoms with Crippen LogP contribution in [-0.2, 0) is 29.6 Å². The summed E-state index contributed by atoms with van der Waals surface area (Å²) in [4.78, 5) is 44.7. The molecular weight excluding hydrogens is 563 g/mol. The van der Waals surface area contributed by atoms with E-state index in [1.165, 1.54) is 12.0 Å². The first-order valence-electron chi connectivity index (χ1n) is 13.8. The number of methoxy groups -OCH3 is 1. The first-order valence-corrected chi connectivity index (χ1v) is 13.8. The average Bonchev–Trinajstić information content (AvgIpc) is 3.53. The highest BCUT2D eigenvalue weighted by molar-refractivity contribution is 6.08. The van der Waals surface area contributed by atoms with E-state index in [2.05, 4.69) is 15.6 Å². The van der Waals surface area contributed by atoms with Crippen molar-refractivity contribution in [3.63, 3.8) is 0 Å². The van der Waals surface area contributed by atoms with Crippen molar-refractivity contribution in [1.29, 1.82) is 0 Å². The fraction of sp³-hybridized carbons (Fsp3) is 0.290. The van der Waals surface area contributed by atoms with E-state index >= 15 is 0 Å². The molecule has 12 heteroatoms. The molecule has 7 rings (SSSR count). The maximum absolute atomic E-state index is 13.8. The quantitative estimate of drug-likeness (QED) is 0.301. The van der Waals surface area contributed by atoms with Gasteiger partial charge in [0.05, 0.1) is 36.6 Å². The van der Waals surface area contributed by atoms with Crippen molar-refractivity contribution < 1.29 is 32.3 Å². The number of urea groups is 1. The Bertz CT molecular complexity index is 1810. The third-order valence-electron chi connectivity index (χ3n) is 8.45. The van der Waals surface area contributed by atoms with Crippen LogP contribution in [0.4, 0.5) is 18.0 Å². The molecule has 220 valence electrons. The number of hydrogen-bond acceptors (Lipinski definition) is 5. The zero-order chi connectivity index (χ0) is 30.1. The Labute approximate surface area is 243 Å². The highest BCUT2D eigenvalue weighted by Gasteiger charge is 2.50. The fourth-order valence-corrected chi connectivity index (χ4v) is 6.02. The number of rotatable bonds is 7. The molecule has 1 saturated heterocycles. The second-order valence-corrected chi connectivity index (χ2v) is 11.3. The summed E-state index contributed by atoms with van der Waals surface area (Å²) in [6, 6.07) is 13.1. The normalized spacial score (nSPS) is 20.0. The summed E-state index contributed by atoms with van der Waals surface area (Å²) < 4.78 is 48.7. The number of hydrogen-bond donors (Lipinski definition) is 2. The first-order chi connectivity index (χ1) is 20.6. The minimum Gasteiger partial charge on any atom is -0.497 e. The smallest absolute Gasteiger partial charge is 0.416 e. The van der Waals surface area contributed by atoms with Gasteiger partial charge in [-0.3, -0.25) is 14.9 Å². The summed E-state index contributed by atoms with van der Waals surface area (Å²) in [6.07, 6.45) is -0.852. The molecule has 4 aromatic rings. The van der Waals surface area contributed by atoms with Gasteiger partial charge < -0.3 is 19.5 Å². The van der Waals surface area contributed by atoms with Gasteiger partial charge in [0.2, 0.25) is 0 Å². The summed E-state index contributed by atoms with van der Waals surface area (Å²) in [7, 11) is 1.50. The molecule has 4 amide bonds. The highest BCUT2D eigenvalue weighted by atomic mass is 19.4. The lowest BCUT2D eigenvalue weighted by Gasteiger charge is -2.31. The highest BCUT2D eigenvalue weighted by Crippen LogP contribution is 2.40. The molecule has 2 aliphatic heterocycles. The Hall–Kier alpha value is -4.87. The second kappa shape index (κ2) is 9.58. The molecule has 0 radical (unpaired) electrons. The molecule has 3 aromatic carbocycles. The van der Waals surface area contributed by atoms with E-state index in [0.29, 0.717) is 46.0 Å². The minimum atomic E-state index is -4.57. The number of halogens is 3. The predicted octanol–water partition coefficient (Wildman–Crippen LogP) is 4.83. The standard InChI is InChI=1S/C31H26F3N5O4/c1-43-22-9-6-19-14-38(27(40)24(19)12-22)15-30(28(41)36-29(42)37-30)20-7-4-18(5-8-20)23-10-21(31(32,33)34)11-25-26(23)39(16-35-25)13-17-2-3-17/h4-12,16-17H,2-3,13-15H2,1H3,(H2,36,37,41,42)/t30-/m0/s1. The third kappa shape index (κ3) is 4.57. The van der Waals surface area contributed by atoms with Crippen molar-refractivity contribution in [1.82, 2.24) is 25.1 Å². The minimum absolute atomic E-state index is 0.151. The van der Waals surface area contributed by atoms with E-state index < -0.39 is 29.2 Å². The maximum atomic E-state index is 13.8. The van der Waals surface area contributed by atoms with E-state index in [1.807, 2.05) is 4.57 Å². The first kappa shape index (κ1) is 27.0. The van der Waals surface area contributed by atoms with Crippen LogP contribution in [0, 0.1) is 5.92 Å². The van der Waals surface area contributed by atoms with Gasteiger partial charge in [-0.05, 0) is 59.7 Å². The maximum Gasteiger partial charge on any atom is 0.416 e. The summed E-state index contributed by atoms with van der Waals surface area (Å²) in [5.41, 5.74) is 0.894. The second-order valence-electron chi connectivity index (χ2n) is 11.3. The van der Waals surface area contributed by atoms with Gasteiger partial charge in [-0.2, -0.15) is 13.2 Å². The number of carbonyl (C=O) groups excluding carboxylic acids is 3. The number of fused-ring (bicyclic) bond motifs is 2. The molecule has 1 aromatic heterocycles. The molecule has 43 heavy (non-hydrogen) atoms. The number of aromatic nitrogens is 2. The van der Waals surface area contributed by atoms with E-state index in [-0.39, 0.29) is 24.5 Å². The molecule has 9 nitrogen and oxygen atoms in total. The van der Waals surface area contributed by atoms with E-state index in [0.717, 1.165) is 30.5 Å². The summed E-state index contributed by atoms with van der Waals surface area (Å²) in [5, 5.41) is 4.97. The number of ether oxygens (including phenoxy) is 1. The molecule has 0 spiro atoms. The van der Waals surface area contributed by atoms with Crippen LogP contribution in [0.15, 0.2) is 60.9 Å². The zero-order valence-electron chi connectivity index (χ0n) is 23.0. The van der Waals surface area contributed by atoms with Crippen molar-refractivity contribution in [3.05, 3.63) is 83.2 Å². The van der Waals surface area contributed by atoms with Crippen molar-refractivity contribution in [2.45, 2.75) is 37.6 Å². The molecule has 2 N–H and O–H groups in total. The summed E-state index contributed by atoms with van der Waals surface area (Å²) >= 11 is 0. The number of alkyl halides is 3. The summed E-state index contributed by atoms with van der Waals surface area (Å²) in [5.74, 6) is 0.0535. The third-order valence-corrected chi connectivity index (χ3v) is 8.45. The number of benzene rings is 3. The SMILES string of the molecule is COc1ccc2c(c1)C(=O)N(C[C@@]1(c3ccc(-c4cc(C(F)(F)F)cc5ncn(CC6CC6)c45)cc3)NC(=O)NC1=O)C2. The Kier molecular flexibility index (Phi) is 6.01. The lowest BCUT2D eigenvalue weighted by atomic mass is 9.87. The number of nitrogens with one attached hydrogen (secondary N) is 2. The van der Waals surface area contributed by atoms with Crippen molar-refractivity contribution in [3.8, 4) is 16.9 Å². The molecule has 0 bridgehead atoms. The molecule has 3 aliphatic rings. The van der Waals surface area contributed by atoms with Gasteiger partial charge in [0.15, 0.2) is 5.54 Å². The average molecular weight is 590 g/mol. The molecule has 1 aliphatic carbocycles. The van der Waals surface area contributed by atoms with E-state index in [9.17, 15) is 27.6 Å².